The van der Waals surface area contributed by atoms with Gasteiger partial charge in [-0.25, -0.2) is 0 Å². The predicted octanol–water partition coefficient (Wildman–Crippen LogP) is 2.83. The average Bonchev–Trinajstić information content (AvgIpc) is 2.27. The van der Waals surface area contributed by atoms with Gasteiger partial charge in [0.05, 0.1) is 0 Å². The van der Waals surface area contributed by atoms with Gasteiger partial charge in [0.25, 0.3) is 0 Å². The maximum atomic E-state index is 11.8. The first-order valence-corrected chi connectivity index (χ1v) is 5.94. The number of alkyl halides is 1. The molecule has 16 heavy (non-hydrogen) atoms. The molecule has 3 heteroatoms. The molecule has 1 atom stereocenters. The molecule has 2 nitrogen and oxygen atoms in total. The van der Waals surface area contributed by atoms with Crippen molar-refractivity contribution in [2.45, 2.75) is 20.4 Å². The molecule has 0 aliphatic rings. The first-order valence-electron chi connectivity index (χ1n) is 5.41. The quantitative estimate of drug-likeness (QED) is 0.740. The van der Waals surface area contributed by atoms with Crippen LogP contribution in [0.3, 0.4) is 0 Å². The van der Waals surface area contributed by atoms with E-state index in [0.717, 1.165) is 5.56 Å². The fourth-order valence-electron chi connectivity index (χ4n) is 1.60. The van der Waals surface area contributed by atoms with Gasteiger partial charge in [-0.05, 0) is 12.5 Å². The molecule has 0 fully saturated rings. The number of carbonyl (C=O) groups is 1. The Hall–Kier alpha value is -1.02. The van der Waals surface area contributed by atoms with E-state index in [4.69, 9.17) is 11.6 Å². The summed E-state index contributed by atoms with van der Waals surface area (Å²) in [4.78, 5) is 13.5. The Labute approximate surface area is 102 Å². The van der Waals surface area contributed by atoms with Crippen LogP contribution >= 0.6 is 11.6 Å². The van der Waals surface area contributed by atoms with Crippen molar-refractivity contribution in [3.05, 3.63) is 35.4 Å². The van der Waals surface area contributed by atoms with Gasteiger partial charge in [0.1, 0.15) is 0 Å². The minimum Gasteiger partial charge on any atom is -0.341 e. The molecule has 0 saturated carbocycles. The molecule has 1 unspecified atom stereocenters. The number of rotatable bonds is 4. The maximum Gasteiger partial charge on any atom is 0.226 e. The topological polar surface area (TPSA) is 20.3 Å². The van der Waals surface area contributed by atoms with Crippen molar-refractivity contribution >= 4 is 17.5 Å². The second kappa shape index (κ2) is 5.90. The lowest BCUT2D eigenvalue weighted by Crippen LogP contribution is -2.31. The highest BCUT2D eigenvalue weighted by molar-refractivity contribution is 6.19. The first kappa shape index (κ1) is 13.0. The summed E-state index contributed by atoms with van der Waals surface area (Å²) in [5.74, 6) is 0.352. The van der Waals surface area contributed by atoms with Crippen LogP contribution in [0.2, 0.25) is 0 Å². The molecule has 0 heterocycles. The minimum absolute atomic E-state index is 0.0940. The van der Waals surface area contributed by atoms with Crippen molar-refractivity contribution in [1.29, 1.82) is 0 Å². The molecule has 0 spiro atoms. The summed E-state index contributed by atoms with van der Waals surface area (Å²) in [6.07, 6.45) is 0. The van der Waals surface area contributed by atoms with Crippen LogP contribution in [0.5, 0.6) is 0 Å². The van der Waals surface area contributed by atoms with Gasteiger partial charge in [0.2, 0.25) is 5.91 Å². The van der Waals surface area contributed by atoms with Crippen molar-refractivity contribution in [3.63, 3.8) is 0 Å². The van der Waals surface area contributed by atoms with Crippen LogP contribution in [0.25, 0.3) is 0 Å². The van der Waals surface area contributed by atoms with E-state index < -0.39 is 0 Å². The van der Waals surface area contributed by atoms with E-state index in [2.05, 4.69) is 6.07 Å². The molecule has 0 saturated heterocycles. The summed E-state index contributed by atoms with van der Waals surface area (Å²) in [5.41, 5.74) is 2.36. The average molecular weight is 240 g/mol. The number of amides is 1. The standard InChI is InChI=1S/C13H18ClNO/c1-10-5-4-6-12(7-10)9-15(3)13(16)11(2)8-14/h4-7,11H,8-9H2,1-3H3. The number of halogens is 1. The summed E-state index contributed by atoms with van der Waals surface area (Å²) in [5, 5.41) is 0. The lowest BCUT2D eigenvalue weighted by molar-refractivity contribution is -0.133. The monoisotopic (exact) mass is 239 g/mol. The van der Waals surface area contributed by atoms with Gasteiger partial charge in [-0.15, -0.1) is 11.6 Å². The summed E-state index contributed by atoms with van der Waals surface area (Å²) in [6.45, 7) is 4.54. The molecule has 1 amide bonds. The second-order valence-electron chi connectivity index (χ2n) is 4.24. The zero-order chi connectivity index (χ0) is 12.1. The number of aryl methyl sites for hydroxylation is 1. The van der Waals surface area contributed by atoms with Gasteiger partial charge < -0.3 is 4.90 Å². The van der Waals surface area contributed by atoms with E-state index in [1.165, 1.54) is 5.56 Å². The van der Waals surface area contributed by atoms with Crippen LogP contribution in [0.4, 0.5) is 0 Å². The van der Waals surface area contributed by atoms with E-state index in [1.807, 2.05) is 39.1 Å². The van der Waals surface area contributed by atoms with Crippen LogP contribution in [0.15, 0.2) is 24.3 Å². The third-order valence-corrected chi connectivity index (χ3v) is 2.99. The van der Waals surface area contributed by atoms with Crippen molar-refractivity contribution < 1.29 is 4.79 Å². The first-order chi connectivity index (χ1) is 7.54. The van der Waals surface area contributed by atoms with Gasteiger partial charge in [-0.1, -0.05) is 36.8 Å². The maximum absolute atomic E-state index is 11.8. The molecule has 0 aliphatic carbocycles. The molecular formula is C13H18ClNO. The summed E-state index contributed by atoms with van der Waals surface area (Å²) in [7, 11) is 1.81. The van der Waals surface area contributed by atoms with Gasteiger partial charge >= 0.3 is 0 Å². The van der Waals surface area contributed by atoms with Gasteiger partial charge in [-0.3, -0.25) is 4.79 Å². The fraction of sp³-hybridized carbons (Fsp3) is 0.462. The highest BCUT2D eigenvalue weighted by Gasteiger charge is 2.16. The van der Waals surface area contributed by atoms with E-state index in [9.17, 15) is 4.79 Å². The van der Waals surface area contributed by atoms with Crippen LogP contribution in [-0.4, -0.2) is 23.7 Å². The smallest absolute Gasteiger partial charge is 0.226 e. The van der Waals surface area contributed by atoms with Gasteiger partial charge in [0, 0.05) is 25.4 Å². The molecule has 0 N–H and O–H groups in total. The molecule has 1 aromatic rings. The second-order valence-corrected chi connectivity index (χ2v) is 4.55. The molecule has 0 radical (unpaired) electrons. The highest BCUT2D eigenvalue weighted by atomic mass is 35.5. The van der Waals surface area contributed by atoms with Crippen molar-refractivity contribution in [1.82, 2.24) is 4.90 Å². The molecule has 0 aromatic heterocycles. The molecule has 1 rings (SSSR count). The van der Waals surface area contributed by atoms with Crippen molar-refractivity contribution in [2.24, 2.45) is 5.92 Å². The van der Waals surface area contributed by atoms with E-state index in [1.54, 1.807) is 4.90 Å². The van der Waals surface area contributed by atoms with Crippen LogP contribution < -0.4 is 0 Å². The Morgan fingerprint density at radius 3 is 2.75 bits per heavy atom. The molecule has 0 bridgehead atoms. The Morgan fingerprint density at radius 1 is 1.50 bits per heavy atom. The lowest BCUT2D eigenvalue weighted by atomic mass is 10.1. The van der Waals surface area contributed by atoms with Crippen LogP contribution in [-0.2, 0) is 11.3 Å². The lowest BCUT2D eigenvalue weighted by Gasteiger charge is -2.20. The van der Waals surface area contributed by atoms with E-state index in [0.29, 0.717) is 12.4 Å². The fourth-order valence-corrected chi connectivity index (χ4v) is 1.74. The van der Waals surface area contributed by atoms with E-state index >= 15 is 0 Å². The summed E-state index contributed by atoms with van der Waals surface area (Å²) in [6, 6.07) is 8.18. The molecule has 88 valence electrons. The largest absolute Gasteiger partial charge is 0.341 e. The number of nitrogens with zero attached hydrogens (tertiary/aromatic N) is 1. The van der Waals surface area contributed by atoms with Crippen LogP contribution in [0.1, 0.15) is 18.1 Å². The van der Waals surface area contributed by atoms with Crippen molar-refractivity contribution in [2.75, 3.05) is 12.9 Å². The Kier molecular flexibility index (Phi) is 4.81. The Bertz CT molecular complexity index is 365. The Balaban J connectivity index is 2.64. The van der Waals surface area contributed by atoms with Crippen molar-refractivity contribution in [3.8, 4) is 0 Å². The van der Waals surface area contributed by atoms with Crippen LogP contribution in [0, 0.1) is 12.8 Å². The number of benzene rings is 1. The molecule has 0 aliphatic heterocycles. The van der Waals surface area contributed by atoms with Gasteiger partial charge in [0.15, 0.2) is 0 Å². The van der Waals surface area contributed by atoms with E-state index in [-0.39, 0.29) is 11.8 Å². The summed E-state index contributed by atoms with van der Waals surface area (Å²) >= 11 is 5.67. The number of hydrogen-bond acceptors (Lipinski definition) is 1. The number of carbonyl (C=O) groups excluding carboxylic acids is 1. The molecule has 1 aromatic carbocycles. The third-order valence-electron chi connectivity index (χ3n) is 2.53. The minimum atomic E-state index is -0.114. The highest BCUT2D eigenvalue weighted by Crippen LogP contribution is 2.10. The zero-order valence-electron chi connectivity index (χ0n) is 10.0. The zero-order valence-corrected chi connectivity index (χ0v) is 10.8. The molecular weight excluding hydrogens is 222 g/mol. The number of hydrogen-bond donors (Lipinski definition) is 0. The normalized spacial score (nSPS) is 12.2. The van der Waals surface area contributed by atoms with Gasteiger partial charge in [-0.2, -0.15) is 0 Å². The third kappa shape index (κ3) is 3.53. The Morgan fingerprint density at radius 2 is 2.19 bits per heavy atom. The SMILES string of the molecule is Cc1cccc(CN(C)C(=O)C(C)CCl)c1. The summed E-state index contributed by atoms with van der Waals surface area (Å²) < 4.78 is 0. The predicted molar refractivity (Wildman–Crippen MR) is 67.5 cm³/mol.